The lowest BCUT2D eigenvalue weighted by Gasteiger charge is -2.41. The van der Waals surface area contributed by atoms with Crippen molar-refractivity contribution in [3.8, 4) is 6.07 Å². The lowest BCUT2D eigenvalue weighted by atomic mass is 9.93. The first-order valence-corrected chi connectivity index (χ1v) is 10.7. The Morgan fingerprint density at radius 1 is 1.14 bits per heavy atom. The first-order valence-electron chi connectivity index (χ1n) is 10.7. The highest BCUT2D eigenvalue weighted by Gasteiger charge is 2.44. The molecule has 2 aliphatic rings. The quantitative estimate of drug-likeness (QED) is 0.770. The summed E-state index contributed by atoms with van der Waals surface area (Å²) in [5.41, 5.74) is 7.26. The normalized spacial score (nSPS) is 23.8. The molecule has 0 aromatic heterocycles. The van der Waals surface area contributed by atoms with Crippen molar-refractivity contribution in [1.82, 2.24) is 0 Å². The number of nitriles is 1. The predicted molar refractivity (Wildman–Crippen MR) is 115 cm³/mol. The molecule has 4 rings (SSSR count). The molecule has 3 atom stereocenters. The Morgan fingerprint density at radius 2 is 1.76 bits per heavy atom. The van der Waals surface area contributed by atoms with Crippen LogP contribution in [-0.4, -0.2) is 29.7 Å². The van der Waals surface area contributed by atoms with Crippen LogP contribution in [-0.2, 0) is 9.53 Å². The third-order valence-corrected chi connectivity index (χ3v) is 6.93. The zero-order valence-electron chi connectivity index (χ0n) is 17.2. The van der Waals surface area contributed by atoms with Crippen LogP contribution >= 0.6 is 0 Å². The minimum atomic E-state index is -0.875. The van der Waals surface area contributed by atoms with Gasteiger partial charge in [-0.05, 0) is 37.8 Å². The molecule has 5 nitrogen and oxygen atoms in total. The number of fused-ring (bicyclic) bond motifs is 3. The number of hydrogen-bond donors (Lipinski definition) is 1. The van der Waals surface area contributed by atoms with Crippen molar-refractivity contribution in [2.45, 2.75) is 76.1 Å². The standard InChI is InChI=1S/C24H29N3O2/c1-3-24(26,4-2)23(28)29-19-13-17-10-11-18(14-19)27(17)22-12-9-16(15-25)20-7-5-6-8-21(20)22/h5-9,12,17-19H,3-4,10-11,13-14,26H2,1-2H3/t17-,18+,19?. The van der Waals surface area contributed by atoms with Gasteiger partial charge in [0.25, 0.3) is 0 Å². The van der Waals surface area contributed by atoms with Gasteiger partial charge in [-0.25, -0.2) is 0 Å². The topological polar surface area (TPSA) is 79.4 Å². The van der Waals surface area contributed by atoms with Gasteiger partial charge in [-0.1, -0.05) is 38.1 Å². The van der Waals surface area contributed by atoms with Crippen LogP contribution in [0.15, 0.2) is 36.4 Å². The number of piperidine rings is 1. The van der Waals surface area contributed by atoms with Crippen LogP contribution in [0.1, 0.15) is 57.9 Å². The van der Waals surface area contributed by atoms with Crippen molar-refractivity contribution in [3.63, 3.8) is 0 Å². The number of hydrogen-bond acceptors (Lipinski definition) is 5. The molecule has 0 amide bonds. The summed E-state index contributed by atoms with van der Waals surface area (Å²) in [4.78, 5) is 15.1. The maximum absolute atomic E-state index is 12.6. The number of benzene rings is 2. The first-order chi connectivity index (χ1) is 14.0. The summed E-state index contributed by atoms with van der Waals surface area (Å²) in [5, 5.41) is 11.6. The summed E-state index contributed by atoms with van der Waals surface area (Å²) >= 11 is 0. The van der Waals surface area contributed by atoms with E-state index < -0.39 is 5.54 Å². The monoisotopic (exact) mass is 391 g/mol. The molecule has 5 heteroatoms. The molecule has 0 saturated carbocycles. The van der Waals surface area contributed by atoms with Crippen molar-refractivity contribution in [2.75, 3.05) is 4.90 Å². The molecule has 2 fully saturated rings. The number of carbonyl (C=O) groups is 1. The van der Waals surface area contributed by atoms with Gasteiger partial charge in [0.15, 0.2) is 0 Å². The van der Waals surface area contributed by atoms with Crippen LogP contribution in [0.5, 0.6) is 0 Å². The molecule has 2 aliphatic heterocycles. The van der Waals surface area contributed by atoms with E-state index in [1.807, 2.05) is 38.1 Å². The van der Waals surface area contributed by atoms with Gasteiger partial charge in [0.2, 0.25) is 0 Å². The van der Waals surface area contributed by atoms with E-state index >= 15 is 0 Å². The summed E-state index contributed by atoms with van der Waals surface area (Å²) < 4.78 is 5.89. The molecule has 0 aliphatic carbocycles. The number of rotatable bonds is 5. The van der Waals surface area contributed by atoms with Gasteiger partial charge in [0, 0.05) is 41.4 Å². The van der Waals surface area contributed by atoms with E-state index in [-0.39, 0.29) is 12.1 Å². The average Bonchev–Trinajstić information content (AvgIpc) is 3.01. The van der Waals surface area contributed by atoms with Crippen LogP contribution in [0, 0.1) is 11.3 Å². The summed E-state index contributed by atoms with van der Waals surface area (Å²) in [5.74, 6) is -0.260. The molecule has 2 heterocycles. The van der Waals surface area contributed by atoms with Crippen LogP contribution in [0.4, 0.5) is 5.69 Å². The number of nitrogens with two attached hydrogens (primary N) is 1. The van der Waals surface area contributed by atoms with Crippen LogP contribution < -0.4 is 10.6 Å². The minimum absolute atomic E-state index is 0.0677. The second-order valence-corrected chi connectivity index (χ2v) is 8.44. The van der Waals surface area contributed by atoms with Gasteiger partial charge in [-0.3, -0.25) is 4.79 Å². The van der Waals surface area contributed by atoms with Crippen molar-refractivity contribution >= 4 is 22.4 Å². The number of carbonyl (C=O) groups excluding carboxylic acids is 1. The zero-order chi connectivity index (χ0) is 20.6. The fraction of sp³-hybridized carbons (Fsp3) is 0.500. The zero-order valence-corrected chi connectivity index (χ0v) is 17.2. The second-order valence-electron chi connectivity index (χ2n) is 8.44. The van der Waals surface area contributed by atoms with Crippen LogP contribution in [0.25, 0.3) is 10.8 Å². The number of ether oxygens (including phenoxy) is 1. The molecule has 152 valence electrons. The second kappa shape index (κ2) is 7.68. The third kappa shape index (κ3) is 3.36. The molecule has 2 aromatic rings. The Labute approximate surface area is 172 Å². The molecule has 2 saturated heterocycles. The van der Waals surface area contributed by atoms with Crippen molar-refractivity contribution in [2.24, 2.45) is 5.73 Å². The summed E-state index contributed by atoms with van der Waals surface area (Å²) in [7, 11) is 0. The Bertz CT molecular complexity index is 946. The van der Waals surface area contributed by atoms with Crippen LogP contribution in [0.2, 0.25) is 0 Å². The molecule has 2 aromatic carbocycles. The summed E-state index contributed by atoms with van der Waals surface area (Å²) in [6.07, 6.45) is 4.98. The number of esters is 1. The van der Waals surface area contributed by atoms with Crippen molar-refractivity contribution in [3.05, 3.63) is 42.0 Å². The lowest BCUT2D eigenvalue weighted by Crippen LogP contribution is -2.52. The molecule has 0 radical (unpaired) electrons. The maximum atomic E-state index is 12.6. The molecule has 2 bridgehead atoms. The average molecular weight is 392 g/mol. The van der Waals surface area contributed by atoms with E-state index in [2.05, 4.69) is 23.1 Å². The van der Waals surface area contributed by atoms with Crippen molar-refractivity contribution in [1.29, 1.82) is 5.26 Å². The highest BCUT2D eigenvalue weighted by atomic mass is 16.5. The Morgan fingerprint density at radius 3 is 2.34 bits per heavy atom. The number of nitrogens with zero attached hydrogens (tertiary/aromatic N) is 2. The maximum Gasteiger partial charge on any atom is 0.326 e. The molecule has 0 spiro atoms. The Hall–Kier alpha value is -2.58. The van der Waals surface area contributed by atoms with Gasteiger partial charge < -0.3 is 15.4 Å². The predicted octanol–water partition coefficient (Wildman–Crippen LogP) is 4.27. The van der Waals surface area contributed by atoms with Crippen molar-refractivity contribution < 1.29 is 9.53 Å². The van der Waals surface area contributed by atoms with Crippen LogP contribution in [0.3, 0.4) is 0 Å². The Kier molecular flexibility index (Phi) is 5.23. The third-order valence-electron chi connectivity index (χ3n) is 6.93. The van der Waals surface area contributed by atoms with E-state index in [0.29, 0.717) is 30.5 Å². The fourth-order valence-corrected chi connectivity index (χ4v) is 5.03. The van der Waals surface area contributed by atoms with E-state index in [1.165, 1.54) is 5.69 Å². The van der Waals surface area contributed by atoms with Gasteiger partial charge in [-0.15, -0.1) is 0 Å². The van der Waals surface area contributed by atoms with E-state index in [1.54, 1.807) is 0 Å². The van der Waals surface area contributed by atoms with Gasteiger partial charge >= 0.3 is 5.97 Å². The molecular formula is C24H29N3O2. The lowest BCUT2D eigenvalue weighted by molar-refractivity contribution is -0.157. The first kappa shape index (κ1) is 19.7. The van der Waals surface area contributed by atoms with E-state index in [0.717, 1.165) is 36.5 Å². The molecule has 29 heavy (non-hydrogen) atoms. The largest absolute Gasteiger partial charge is 0.461 e. The van der Waals surface area contributed by atoms with Gasteiger partial charge in [0.1, 0.15) is 11.6 Å². The summed E-state index contributed by atoms with van der Waals surface area (Å²) in [6.45, 7) is 3.88. The minimum Gasteiger partial charge on any atom is -0.461 e. The Balaban J connectivity index is 1.58. The highest BCUT2D eigenvalue weighted by molar-refractivity contribution is 5.98. The fourth-order valence-electron chi connectivity index (χ4n) is 5.03. The van der Waals surface area contributed by atoms with Gasteiger partial charge in [0.05, 0.1) is 11.6 Å². The molecule has 2 N–H and O–H groups in total. The summed E-state index contributed by atoms with van der Waals surface area (Å²) in [6, 6.07) is 15.1. The smallest absolute Gasteiger partial charge is 0.326 e. The van der Waals surface area contributed by atoms with E-state index in [9.17, 15) is 10.1 Å². The van der Waals surface area contributed by atoms with E-state index in [4.69, 9.17) is 10.5 Å². The highest BCUT2D eigenvalue weighted by Crippen LogP contribution is 2.43. The number of anilines is 1. The van der Waals surface area contributed by atoms with Gasteiger partial charge in [-0.2, -0.15) is 5.26 Å². The SMILES string of the molecule is CCC(N)(CC)C(=O)OC1C[C@H]2CC[C@@H](C1)N2c1ccc(C#N)c2ccccc12. The molecular weight excluding hydrogens is 362 g/mol. The molecule has 1 unspecified atom stereocenters.